The average Bonchev–Trinajstić information content (AvgIpc) is 2.76. The lowest BCUT2D eigenvalue weighted by molar-refractivity contribution is -0.136. The molecule has 1 unspecified atom stereocenters. The fraction of sp³-hybridized carbons (Fsp3) is 0.500. The summed E-state index contributed by atoms with van der Waals surface area (Å²) in [5.74, 6) is 0. The first-order chi connectivity index (χ1) is 9.75. The number of fused-ring (bicyclic) bond motifs is 1. The van der Waals surface area contributed by atoms with Crippen molar-refractivity contribution in [3.8, 4) is 0 Å². The number of likely N-dealkylation sites (N-methyl/N-ethyl adjacent to an activating group) is 1. The van der Waals surface area contributed by atoms with Crippen molar-refractivity contribution in [1.82, 2.24) is 9.88 Å². The van der Waals surface area contributed by atoms with Gasteiger partial charge in [0.05, 0.1) is 5.56 Å². The highest BCUT2D eigenvalue weighted by Crippen LogP contribution is 2.38. The molecule has 1 heterocycles. The third-order valence-electron chi connectivity index (χ3n) is 3.82. The Morgan fingerprint density at radius 2 is 1.86 bits per heavy atom. The van der Waals surface area contributed by atoms with Crippen LogP contribution in [0.2, 0.25) is 0 Å². The van der Waals surface area contributed by atoms with Crippen LogP contribution in [0.3, 0.4) is 0 Å². The number of nitrogens with zero attached hydrogens (tertiary/aromatic N) is 1. The van der Waals surface area contributed by atoms with E-state index >= 15 is 0 Å². The third kappa shape index (κ3) is 3.07. The maximum Gasteiger partial charge on any atom is 0.417 e. The van der Waals surface area contributed by atoms with Gasteiger partial charge in [-0.05, 0) is 51.9 Å². The molecule has 0 radical (unpaired) electrons. The summed E-state index contributed by atoms with van der Waals surface area (Å²) in [7, 11) is 1.82. The molecule has 116 valence electrons. The highest BCUT2D eigenvalue weighted by Gasteiger charge is 2.34. The van der Waals surface area contributed by atoms with E-state index in [1.165, 1.54) is 12.1 Å². The van der Waals surface area contributed by atoms with Gasteiger partial charge >= 0.3 is 6.18 Å². The van der Waals surface area contributed by atoms with Gasteiger partial charge < -0.3 is 9.88 Å². The summed E-state index contributed by atoms with van der Waals surface area (Å²) >= 11 is 0. The summed E-state index contributed by atoms with van der Waals surface area (Å²) in [6.45, 7) is 5.92. The maximum absolute atomic E-state index is 13.3. The van der Waals surface area contributed by atoms with E-state index in [1.54, 1.807) is 6.07 Å². The number of benzene rings is 1. The van der Waals surface area contributed by atoms with Crippen LogP contribution < -0.4 is 5.32 Å². The first kappa shape index (κ1) is 15.9. The summed E-state index contributed by atoms with van der Waals surface area (Å²) in [6.07, 6.45) is -1.90. The van der Waals surface area contributed by atoms with Crippen molar-refractivity contribution in [2.75, 3.05) is 7.05 Å². The number of nitrogens with one attached hydrogen (secondary N) is 1. The minimum Gasteiger partial charge on any atom is -0.345 e. The molecule has 1 atom stereocenters. The van der Waals surface area contributed by atoms with Crippen LogP contribution in [0.1, 0.15) is 37.9 Å². The smallest absolute Gasteiger partial charge is 0.345 e. The summed E-state index contributed by atoms with van der Waals surface area (Å²) in [5, 5.41) is 3.42. The summed E-state index contributed by atoms with van der Waals surface area (Å²) in [5.41, 5.74) is 0.851. The van der Waals surface area contributed by atoms with Gasteiger partial charge in [0, 0.05) is 29.2 Å². The molecule has 1 N–H and O–H groups in total. The number of alkyl halides is 3. The lowest BCUT2D eigenvalue weighted by Gasteiger charge is -2.13. The van der Waals surface area contributed by atoms with Crippen LogP contribution in [0.25, 0.3) is 10.9 Å². The van der Waals surface area contributed by atoms with Crippen LogP contribution in [0.4, 0.5) is 13.2 Å². The zero-order valence-electron chi connectivity index (χ0n) is 12.8. The van der Waals surface area contributed by atoms with E-state index in [4.69, 9.17) is 0 Å². The Bertz CT molecular complexity index is 626. The SMILES string of the molecule is CNC(C)Cc1cn(C(C)C)c2cccc(C(F)(F)F)c12. The van der Waals surface area contributed by atoms with Crippen LogP contribution in [0.15, 0.2) is 24.4 Å². The molecular formula is C16H21F3N2. The fourth-order valence-electron chi connectivity index (χ4n) is 2.64. The van der Waals surface area contributed by atoms with Crippen LogP contribution >= 0.6 is 0 Å². The Balaban J connectivity index is 2.71. The summed E-state index contributed by atoms with van der Waals surface area (Å²) in [6, 6.07) is 4.65. The van der Waals surface area contributed by atoms with Crippen molar-refractivity contribution in [3.63, 3.8) is 0 Å². The average molecular weight is 298 g/mol. The molecule has 1 aromatic heterocycles. The standard InChI is InChI=1S/C16H21F3N2/c1-10(2)21-9-12(8-11(3)20-4)15-13(16(17,18)19)6-5-7-14(15)21/h5-7,9-11,20H,8H2,1-4H3. The molecule has 0 bridgehead atoms. The molecule has 2 rings (SSSR count). The molecule has 21 heavy (non-hydrogen) atoms. The highest BCUT2D eigenvalue weighted by molar-refractivity contribution is 5.88. The minimum atomic E-state index is -4.33. The van der Waals surface area contributed by atoms with Gasteiger partial charge in [-0.3, -0.25) is 0 Å². The molecule has 0 saturated carbocycles. The quantitative estimate of drug-likeness (QED) is 0.885. The second-order valence-electron chi connectivity index (χ2n) is 5.75. The lowest BCUT2D eigenvalue weighted by atomic mass is 10.0. The number of hydrogen-bond donors (Lipinski definition) is 1. The Kier molecular flexibility index (Phi) is 4.33. The zero-order chi connectivity index (χ0) is 15.8. The molecule has 5 heteroatoms. The molecular weight excluding hydrogens is 277 g/mol. The molecule has 0 aliphatic heterocycles. The van der Waals surface area contributed by atoms with Crippen LogP contribution in [0, 0.1) is 0 Å². The normalized spacial score (nSPS) is 14.1. The van der Waals surface area contributed by atoms with E-state index in [-0.39, 0.29) is 12.1 Å². The van der Waals surface area contributed by atoms with E-state index in [0.717, 1.165) is 5.56 Å². The van der Waals surface area contributed by atoms with Crippen LogP contribution in [-0.2, 0) is 12.6 Å². The molecule has 1 aromatic carbocycles. The van der Waals surface area contributed by atoms with Gasteiger partial charge in [0.15, 0.2) is 0 Å². The van der Waals surface area contributed by atoms with Gasteiger partial charge in [-0.2, -0.15) is 13.2 Å². The van der Waals surface area contributed by atoms with Gasteiger partial charge in [0.2, 0.25) is 0 Å². The Morgan fingerprint density at radius 3 is 2.38 bits per heavy atom. The van der Waals surface area contributed by atoms with Gasteiger partial charge in [-0.15, -0.1) is 0 Å². The maximum atomic E-state index is 13.3. The van der Waals surface area contributed by atoms with Crippen molar-refractivity contribution in [1.29, 1.82) is 0 Å². The monoisotopic (exact) mass is 298 g/mol. The molecule has 0 saturated heterocycles. The largest absolute Gasteiger partial charge is 0.417 e. The molecule has 0 aliphatic carbocycles. The second kappa shape index (κ2) is 5.72. The minimum absolute atomic E-state index is 0.120. The van der Waals surface area contributed by atoms with Crippen molar-refractivity contribution >= 4 is 10.9 Å². The van der Waals surface area contributed by atoms with E-state index < -0.39 is 11.7 Å². The topological polar surface area (TPSA) is 17.0 Å². The number of halogens is 3. The van der Waals surface area contributed by atoms with E-state index in [0.29, 0.717) is 17.3 Å². The van der Waals surface area contributed by atoms with Gasteiger partial charge in [-0.25, -0.2) is 0 Å². The Morgan fingerprint density at radius 1 is 1.19 bits per heavy atom. The van der Waals surface area contributed by atoms with Crippen LogP contribution in [-0.4, -0.2) is 17.7 Å². The predicted molar refractivity (Wildman–Crippen MR) is 79.6 cm³/mol. The summed E-state index contributed by atoms with van der Waals surface area (Å²) < 4.78 is 41.8. The second-order valence-corrected chi connectivity index (χ2v) is 5.75. The molecule has 0 aliphatic rings. The number of hydrogen-bond acceptors (Lipinski definition) is 1. The zero-order valence-corrected chi connectivity index (χ0v) is 12.8. The lowest BCUT2D eigenvalue weighted by Crippen LogP contribution is -2.23. The van der Waals surface area contributed by atoms with Crippen molar-refractivity contribution in [3.05, 3.63) is 35.5 Å². The van der Waals surface area contributed by atoms with Crippen LogP contribution in [0.5, 0.6) is 0 Å². The number of rotatable bonds is 4. The van der Waals surface area contributed by atoms with E-state index in [2.05, 4.69) is 5.32 Å². The van der Waals surface area contributed by atoms with Crippen molar-refractivity contribution < 1.29 is 13.2 Å². The Hall–Kier alpha value is -1.49. The van der Waals surface area contributed by atoms with Gasteiger partial charge in [0.1, 0.15) is 0 Å². The van der Waals surface area contributed by atoms with Gasteiger partial charge in [-0.1, -0.05) is 6.07 Å². The van der Waals surface area contributed by atoms with Crippen molar-refractivity contribution in [2.45, 2.75) is 45.5 Å². The van der Waals surface area contributed by atoms with E-state index in [1.807, 2.05) is 38.6 Å². The number of aromatic nitrogens is 1. The molecule has 2 aromatic rings. The molecule has 2 nitrogen and oxygen atoms in total. The molecule has 0 fully saturated rings. The third-order valence-corrected chi connectivity index (χ3v) is 3.82. The summed E-state index contributed by atoms with van der Waals surface area (Å²) in [4.78, 5) is 0. The molecule has 0 amide bonds. The van der Waals surface area contributed by atoms with E-state index in [9.17, 15) is 13.2 Å². The Labute approximate surface area is 122 Å². The van der Waals surface area contributed by atoms with Crippen molar-refractivity contribution in [2.24, 2.45) is 0 Å². The first-order valence-electron chi connectivity index (χ1n) is 7.12. The molecule has 0 spiro atoms. The highest BCUT2D eigenvalue weighted by atomic mass is 19.4. The first-order valence-corrected chi connectivity index (χ1v) is 7.12. The van der Waals surface area contributed by atoms with Gasteiger partial charge in [0.25, 0.3) is 0 Å². The fourth-order valence-corrected chi connectivity index (χ4v) is 2.64. The predicted octanol–water partition coefficient (Wildman–Crippen LogP) is 4.39.